The van der Waals surface area contributed by atoms with E-state index in [1.807, 2.05) is 0 Å². The van der Waals surface area contributed by atoms with Crippen LogP contribution in [0.3, 0.4) is 0 Å². The van der Waals surface area contributed by atoms with Crippen LogP contribution in [0, 0.1) is 0 Å². The van der Waals surface area contributed by atoms with Crippen molar-refractivity contribution in [3.8, 4) is 0 Å². The molecule has 0 atom stereocenters. The van der Waals surface area contributed by atoms with E-state index in [0.717, 1.165) is 12.2 Å². The van der Waals surface area contributed by atoms with Crippen molar-refractivity contribution in [3.05, 3.63) is 12.2 Å². The van der Waals surface area contributed by atoms with E-state index in [1.165, 1.54) is 13.4 Å². The highest BCUT2D eigenvalue weighted by Gasteiger charge is 2.06. The van der Waals surface area contributed by atoms with Crippen LogP contribution in [0.5, 0.6) is 0 Å². The number of hydrogen-bond acceptors (Lipinski definition) is 7. The van der Waals surface area contributed by atoms with Crippen LogP contribution in [0.25, 0.3) is 0 Å². The Balaban J connectivity index is 3.81. The molecule has 0 aromatic carbocycles. The molecule has 0 saturated heterocycles. The van der Waals surface area contributed by atoms with Gasteiger partial charge >= 0.3 is 11.9 Å². The summed E-state index contributed by atoms with van der Waals surface area (Å²) in [5, 5.41) is 0. The number of carbonyl (C=O) groups excluding carboxylic acids is 2. The molecule has 0 saturated carbocycles. The fourth-order valence-corrected chi connectivity index (χ4v) is 1.63. The van der Waals surface area contributed by atoms with Crippen LogP contribution in [-0.4, -0.2) is 71.1 Å². The van der Waals surface area contributed by atoms with Gasteiger partial charge in [-0.05, 0) is 7.05 Å². The predicted molar refractivity (Wildman–Crippen MR) is 69.3 cm³/mol. The van der Waals surface area contributed by atoms with Gasteiger partial charge in [-0.25, -0.2) is 18.0 Å². The molecule has 7 nitrogen and oxygen atoms in total. The van der Waals surface area contributed by atoms with Crippen LogP contribution in [0.4, 0.5) is 0 Å². The maximum Gasteiger partial charge on any atom is 0.331 e. The molecule has 0 aliphatic rings. The Morgan fingerprint density at radius 3 is 2.26 bits per heavy atom. The van der Waals surface area contributed by atoms with Crippen molar-refractivity contribution in [2.24, 2.45) is 0 Å². The lowest BCUT2D eigenvalue weighted by atomic mass is 10.5. The zero-order chi connectivity index (χ0) is 14.9. The highest BCUT2D eigenvalue weighted by atomic mass is 32.2. The van der Waals surface area contributed by atoms with Gasteiger partial charge in [0.05, 0.1) is 12.9 Å². The molecule has 0 amide bonds. The van der Waals surface area contributed by atoms with Gasteiger partial charge in [-0.1, -0.05) is 0 Å². The number of sulfone groups is 1. The number of carbonyl (C=O) groups is 2. The SMILES string of the molecule is COC(=O)C=CC(=O)OCCN(C)CCS(C)(=O)=O. The summed E-state index contributed by atoms with van der Waals surface area (Å²) in [7, 11) is -0.0650. The number of nitrogens with zero attached hydrogens (tertiary/aromatic N) is 1. The van der Waals surface area contributed by atoms with Crippen molar-refractivity contribution in [1.29, 1.82) is 0 Å². The molecule has 0 radical (unpaired) electrons. The molecule has 0 aliphatic carbocycles. The molecule has 0 bridgehead atoms. The lowest BCUT2D eigenvalue weighted by Gasteiger charge is -2.15. The van der Waals surface area contributed by atoms with E-state index in [2.05, 4.69) is 4.74 Å². The van der Waals surface area contributed by atoms with Crippen molar-refractivity contribution in [1.82, 2.24) is 4.90 Å². The smallest absolute Gasteiger partial charge is 0.331 e. The average molecular weight is 293 g/mol. The van der Waals surface area contributed by atoms with Gasteiger partial charge in [-0.3, -0.25) is 0 Å². The minimum Gasteiger partial charge on any atom is -0.466 e. The topological polar surface area (TPSA) is 90.0 Å². The summed E-state index contributed by atoms with van der Waals surface area (Å²) < 4.78 is 31.0. The zero-order valence-electron chi connectivity index (χ0n) is 11.3. The third kappa shape index (κ3) is 11.4. The molecule has 0 rings (SSSR count). The van der Waals surface area contributed by atoms with E-state index in [9.17, 15) is 18.0 Å². The van der Waals surface area contributed by atoms with Gasteiger partial charge < -0.3 is 14.4 Å². The van der Waals surface area contributed by atoms with Gasteiger partial charge in [-0.15, -0.1) is 0 Å². The maximum atomic E-state index is 11.1. The van der Waals surface area contributed by atoms with Crippen LogP contribution < -0.4 is 0 Å². The Hall–Kier alpha value is -1.41. The van der Waals surface area contributed by atoms with Crippen molar-refractivity contribution >= 4 is 21.8 Å². The lowest BCUT2D eigenvalue weighted by Crippen LogP contribution is -2.29. The van der Waals surface area contributed by atoms with Gasteiger partial charge in [0.1, 0.15) is 16.4 Å². The van der Waals surface area contributed by atoms with Crippen molar-refractivity contribution in [2.75, 3.05) is 45.9 Å². The number of methoxy groups -OCH3 is 1. The standard InChI is InChI=1S/C11H19NO6S/c1-12(7-9-19(3,15)16)6-8-18-11(14)5-4-10(13)17-2/h4-5H,6-9H2,1-3H3. The summed E-state index contributed by atoms with van der Waals surface area (Å²) in [6, 6.07) is 0. The first-order chi connectivity index (χ1) is 8.74. The van der Waals surface area contributed by atoms with Gasteiger partial charge in [0.15, 0.2) is 0 Å². The van der Waals surface area contributed by atoms with E-state index in [-0.39, 0.29) is 12.4 Å². The Morgan fingerprint density at radius 1 is 1.16 bits per heavy atom. The lowest BCUT2D eigenvalue weighted by molar-refractivity contribution is -0.139. The number of rotatable bonds is 8. The molecule has 19 heavy (non-hydrogen) atoms. The molecular weight excluding hydrogens is 274 g/mol. The first-order valence-electron chi connectivity index (χ1n) is 5.53. The van der Waals surface area contributed by atoms with Gasteiger partial charge in [0, 0.05) is 31.5 Å². The molecule has 0 unspecified atom stereocenters. The average Bonchev–Trinajstić information content (AvgIpc) is 2.32. The first kappa shape index (κ1) is 17.6. The van der Waals surface area contributed by atoms with Gasteiger partial charge in [0.25, 0.3) is 0 Å². The summed E-state index contributed by atoms with van der Waals surface area (Å²) in [5.74, 6) is -1.23. The zero-order valence-corrected chi connectivity index (χ0v) is 12.1. The molecule has 0 aliphatic heterocycles. The summed E-state index contributed by atoms with van der Waals surface area (Å²) in [6.07, 6.45) is 3.11. The monoisotopic (exact) mass is 293 g/mol. The Labute approximate surface area is 113 Å². The third-order valence-electron chi connectivity index (χ3n) is 2.12. The summed E-state index contributed by atoms with van der Waals surface area (Å²) >= 11 is 0. The summed E-state index contributed by atoms with van der Waals surface area (Å²) in [6.45, 7) is 0.895. The largest absolute Gasteiger partial charge is 0.466 e. The van der Waals surface area contributed by atoms with E-state index >= 15 is 0 Å². The van der Waals surface area contributed by atoms with Crippen LogP contribution in [-0.2, 0) is 28.9 Å². The predicted octanol–water partition coefficient (Wildman–Crippen LogP) is -0.765. The number of likely N-dealkylation sites (N-methyl/N-ethyl adjacent to an activating group) is 1. The molecule has 0 aromatic rings. The number of esters is 2. The molecule has 0 heterocycles. The first-order valence-corrected chi connectivity index (χ1v) is 7.59. The van der Waals surface area contributed by atoms with E-state index in [1.54, 1.807) is 11.9 Å². The highest BCUT2D eigenvalue weighted by molar-refractivity contribution is 7.90. The second-order valence-electron chi connectivity index (χ2n) is 3.96. The minimum absolute atomic E-state index is 0.0552. The van der Waals surface area contributed by atoms with Crippen LogP contribution in [0.15, 0.2) is 12.2 Å². The van der Waals surface area contributed by atoms with Crippen LogP contribution >= 0.6 is 0 Å². The maximum absolute atomic E-state index is 11.1. The molecule has 0 fully saturated rings. The minimum atomic E-state index is -2.99. The Morgan fingerprint density at radius 2 is 1.74 bits per heavy atom. The van der Waals surface area contributed by atoms with Crippen molar-refractivity contribution in [2.45, 2.75) is 0 Å². The van der Waals surface area contributed by atoms with Gasteiger partial charge in [0.2, 0.25) is 0 Å². The van der Waals surface area contributed by atoms with Crippen LogP contribution in [0.1, 0.15) is 0 Å². The van der Waals surface area contributed by atoms with Crippen molar-refractivity contribution < 1.29 is 27.5 Å². The molecule has 110 valence electrons. The molecule has 0 aromatic heterocycles. The van der Waals surface area contributed by atoms with Crippen LogP contribution in [0.2, 0.25) is 0 Å². The molecule has 0 spiro atoms. The fraction of sp³-hybridized carbons (Fsp3) is 0.636. The van der Waals surface area contributed by atoms with E-state index < -0.39 is 21.8 Å². The normalized spacial score (nSPS) is 11.8. The van der Waals surface area contributed by atoms with Crippen molar-refractivity contribution in [3.63, 3.8) is 0 Å². The molecule has 8 heteroatoms. The second kappa shape index (κ2) is 8.65. The van der Waals surface area contributed by atoms with E-state index in [0.29, 0.717) is 13.1 Å². The third-order valence-corrected chi connectivity index (χ3v) is 3.04. The summed E-state index contributed by atoms with van der Waals surface area (Å²) in [4.78, 5) is 23.6. The number of ether oxygens (including phenoxy) is 2. The highest BCUT2D eigenvalue weighted by Crippen LogP contribution is 1.90. The summed E-state index contributed by atoms with van der Waals surface area (Å²) in [5.41, 5.74) is 0. The van der Waals surface area contributed by atoms with Gasteiger partial charge in [-0.2, -0.15) is 0 Å². The fourth-order valence-electron chi connectivity index (χ4n) is 0.988. The quantitative estimate of drug-likeness (QED) is 0.429. The Bertz CT molecular complexity index is 428. The molecule has 0 N–H and O–H groups in total. The molecular formula is C11H19NO6S. The second-order valence-corrected chi connectivity index (χ2v) is 6.22. The van der Waals surface area contributed by atoms with E-state index in [4.69, 9.17) is 4.74 Å². The Kier molecular flexibility index (Phi) is 8.01. The number of hydrogen-bond donors (Lipinski definition) is 0.